The summed E-state index contributed by atoms with van der Waals surface area (Å²) in [4.78, 5) is 34.2. The molecule has 0 radical (unpaired) electrons. The first-order chi connectivity index (χ1) is 9.81. The molecule has 2 amide bonds. The summed E-state index contributed by atoms with van der Waals surface area (Å²) >= 11 is 0. The molecule has 3 N–H and O–H groups in total. The van der Waals surface area contributed by atoms with Gasteiger partial charge in [-0.15, -0.1) is 0 Å². The average molecular weight is 292 g/mol. The van der Waals surface area contributed by atoms with E-state index in [2.05, 4.69) is 10.6 Å². The van der Waals surface area contributed by atoms with Gasteiger partial charge in [-0.3, -0.25) is 14.4 Å². The predicted octanol–water partition coefficient (Wildman–Crippen LogP) is 1.28. The van der Waals surface area contributed by atoms with Gasteiger partial charge < -0.3 is 15.7 Å². The average Bonchev–Trinajstić information content (AvgIpc) is 2.43. The molecule has 0 bridgehead atoms. The molecule has 114 valence electrons. The maximum Gasteiger partial charge on any atom is 0.308 e. The van der Waals surface area contributed by atoms with E-state index in [0.717, 1.165) is 0 Å². The summed E-state index contributed by atoms with van der Waals surface area (Å²) in [6.07, 6.45) is 0. The molecule has 0 aliphatic rings. The van der Waals surface area contributed by atoms with Crippen molar-refractivity contribution in [3.63, 3.8) is 0 Å². The highest BCUT2D eigenvalue weighted by Crippen LogP contribution is 2.05. The van der Waals surface area contributed by atoms with Crippen molar-refractivity contribution in [3.8, 4) is 0 Å². The number of rotatable bonds is 6. The van der Waals surface area contributed by atoms with Crippen LogP contribution in [0.15, 0.2) is 24.3 Å². The molecule has 0 aliphatic carbocycles. The first kappa shape index (κ1) is 16.7. The van der Waals surface area contributed by atoms with Crippen LogP contribution in [0, 0.1) is 5.92 Å². The third kappa shape index (κ3) is 5.25. The Labute approximate surface area is 123 Å². The first-order valence-electron chi connectivity index (χ1n) is 6.73. The van der Waals surface area contributed by atoms with E-state index in [4.69, 9.17) is 5.11 Å². The second-order valence-corrected chi connectivity index (χ2v) is 5.15. The molecule has 21 heavy (non-hydrogen) atoms. The number of hydrogen-bond acceptors (Lipinski definition) is 3. The number of amides is 2. The highest BCUT2D eigenvalue weighted by Gasteiger charge is 2.13. The number of nitrogens with one attached hydrogen (secondary N) is 2. The normalized spacial score (nSPS) is 11.8. The van der Waals surface area contributed by atoms with Crippen molar-refractivity contribution in [2.24, 2.45) is 5.92 Å². The lowest BCUT2D eigenvalue weighted by atomic mass is 10.1. The number of hydrogen-bond donors (Lipinski definition) is 3. The molecule has 0 heterocycles. The number of carboxylic acid groups (broad SMARTS) is 1. The summed E-state index contributed by atoms with van der Waals surface area (Å²) in [5.41, 5.74) is 0.854. The smallest absolute Gasteiger partial charge is 0.308 e. The lowest BCUT2D eigenvalue weighted by Gasteiger charge is -2.10. The third-order valence-corrected chi connectivity index (χ3v) is 2.82. The van der Waals surface area contributed by atoms with Crippen LogP contribution in [0.1, 0.15) is 41.5 Å². The SMILES string of the molecule is CC(C)NC(=O)c1ccc(C(=O)NCC(C)C(=O)O)cc1. The van der Waals surface area contributed by atoms with Crippen LogP contribution in [-0.2, 0) is 4.79 Å². The molecular weight excluding hydrogens is 272 g/mol. The molecule has 0 fully saturated rings. The van der Waals surface area contributed by atoms with Gasteiger partial charge in [0.25, 0.3) is 11.8 Å². The Morgan fingerprint density at radius 2 is 1.48 bits per heavy atom. The molecule has 1 unspecified atom stereocenters. The molecule has 6 nitrogen and oxygen atoms in total. The van der Waals surface area contributed by atoms with Gasteiger partial charge in [-0.05, 0) is 38.1 Å². The van der Waals surface area contributed by atoms with Crippen molar-refractivity contribution in [2.45, 2.75) is 26.8 Å². The number of carbonyl (C=O) groups excluding carboxylic acids is 2. The molecule has 1 aromatic rings. The minimum atomic E-state index is -0.962. The van der Waals surface area contributed by atoms with Crippen LogP contribution in [0.2, 0.25) is 0 Å². The zero-order chi connectivity index (χ0) is 16.0. The van der Waals surface area contributed by atoms with E-state index in [1.165, 1.54) is 19.1 Å². The standard InChI is InChI=1S/C15H20N2O4/c1-9(2)17-14(19)12-6-4-11(5-7-12)13(18)16-8-10(3)15(20)21/h4-7,9-10H,8H2,1-3H3,(H,16,18)(H,17,19)(H,20,21). The van der Waals surface area contributed by atoms with Crippen LogP contribution in [0.25, 0.3) is 0 Å². The van der Waals surface area contributed by atoms with Crippen molar-refractivity contribution < 1.29 is 19.5 Å². The number of aliphatic carboxylic acids is 1. The molecule has 0 spiro atoms. The summed E-state index contributed by atoms with van der Waals surface area (Å²) in [5.74, 6) is -2.17. The molecule has 1 aromatic carbocycles. The quantitative estimate of drug-likeness (QED) is 0.736. The van der Waals surface area contributed by atoms with E-state index in [-0.39, 0.29) is 24.4 Å². The Morgan fingerprint density at radius 3 is 1.90 bits per heavy atom. The van der Waals surface area contributed by atoms with Gasteiger partial charge in [0.2, 0.25) is 0 Å². The van der Waals surface area contributed by atoms with Crippen molar-refractivity contribution >= 4 is 17.8 Å². The van der Waals surface area contributed by atoms with E-state index in [0.29, 0.717) is 11.1 Å². The highest BCUT2D eigenvalue weighted by atomic mass is 16.4. The van der Waals surface area contributed by atoms with Gasteiger partial charge in [0.15, 0.2) is 0 Å². The van der Waals surface area contributed by atoms with E-state index in [9.17, 15) is 14.4 Å². The fourth-order valence-corrected chi connectivity index (χ4v) is 1.55. The minimum absolute atomic E-state index is 0.0398. The minimum Gasteiger partial charge on any atom is -0.481 e. The summed E-state index contributed by atoms with van der Waals surface area (Å²) in [6, 6.07) is 6.24. The van der Waals surface area contributed by atoms with E-state index in [1.807, 2.05) is 13.8 Å². The summed E-state index contributed by atoms with van der Waals surface area (Å²) in [7, 11) is 0. The zero-order valence-electron chi connectivity index (χ0n) is 12.3. The van der Waals surface area contributed by atoms with Crippen molar-refractivity contribution in [3.05, 3.63) is 35.4 Å². The second kappa shape index (κ2) is 7.42. The van der Waals surface area contributed by atoms with Crippen molar-refractivity contribution in [1.82, 2.24) is 10.6 Å². The number of carboxylic acids is 1. The lowest BCUT2D eigenvalue weighted by Crippen LogP contribution is -2.32. The predicted molar refractivity (Wildman–Crippen MR) is 78.2 cm³/mol. The number of benzene rings is 1. The molecule has 6 heteroatoms. The molecule has 1 rings (SSSR count). The number of carbonyl (C=O) groups is 3. The first-order valence-corrected chi connectivity index (χ1v) is 6.73. The Hall–Kier alpha value is -2.37. The third-order valence-electron chi connectivity index (χ3n) is 2.82. The largest absolute Gasteiger partial charge is 0.481 e. The molecule has 0 aromatic heterocycles. The molecular formula is C15H20N2O4. The van der Waals surface area contributed by atoms with Gasteiger partial charge in [-0.2, -0.15) is 0 Å². The van der Waals surface area contributed by atoms with Gasteiger partial charge in [0.1, 0.15) is 0 Å². The van der Waals surface area contributed by atoms with E-state index in [1.54, 1.807) is 12.1 Å². The fraction of sp³-hybridized carbons (Fsp3) is 0.400. The van der Waals surface area contributed by atoms with E-state index >= 15 is 0 Å². The molecule has 1 atom stereocenters. The summed E-state index contributed by atoms with van der Waals surface area (Å²) in [5, 5.41) is 14.0. The molecule has 0 aliphatic heterocycles. The molecule has 0 saturated carbocycles. The summed E-state index contributed by atoms with van der Waals surface area (Å²) in [6.45, 7) is 5.30. The van der Waals surface area contributed by atoms with Crippen LogP contribution in [0.5, 0.6) is 0 Å². The topological polar surface area (TPSA) is 95.5 Å². The fourth-order valence-electron chi connectivity index (χ4n) is 1.55. The Bertz CT molecular complexity index is 523. The highest BCUT2D eigenvalue weighted by molar-refractivity contribution is 5.98. The Morgan fingerprint density at radius 1 is 1.00 bits per heavy atom. The second-order valence-electron chi connectivity index (χ2n) is 5.15. The van der Waals surface area contributed by atoms with Crippen LogP contribution in [-0.4, -0.2) is 35.5 Å². The summed E-state index contributed by atoms with van der Waals surface area (Å²) < 4.78 is 0. The maximum atomic E-state index is 11.8. The Balaban J connectivity index is 2.63. The van der Waals surface area contributed by atoms with Gasteiger partial charge in [-0.1, -0.05) is 6.92 Å². The molecule has 0 saturated heterocycles. The van der Waals surface area contributed by atoms with Gasteiger partial charge >= 0.3 is 5.97 Å². The monoisotopic (exact) mass is 292 g/mol. The van der Waals surface area contributed by atoms with Gasteiger partial charge in [-0.25, -0.2) is 0 Å². The van der Waals surface area contributed by atoms with Crippen LogP contribution in [0.4, 0.5) is 0 Å². The van der Waals surface area contributed by atoms with Crippen LogP contribution in [0.3, 0.4) is 0 Å². The van der Waals surface area contributed by atoms with Gasteiger partial charge in [0, 0.05) is 23.7 Å². The van der Waals surface area contributed by atoms with E-state index < -0.39 is 11.9 Å². The lowest BCUT2D eigenvalue weighted by molar-refractivity contribution is -0.140. The zero-order valence-corrected chi connectivity index (χ0v) is 12.3. The van der Waals surface area contributed by atoms with Crippen LogP contribution >= 0.6 is 0 Å². The van der Waals surface area contributed by atoms with Crippen molar-refractivity contribution in [2.75, 3.05) is 6.54 Å². The van der Waals surface area contributed by atoms with Gasteiger partial charge in [0.05, 0.1) is 5.92 Å². The van der Waals surface area contributed by atoms with Crippen LogP contribution < -0.4 is 10.6 Å². The van der Waals surface area contributed by atoms with Crippen molar-refractivity contribution in [1.29, 1.82) is 0 Å². The Kier molecular flexibility index (Phi) is 5.90. The maximum absolute atomic E-state index is 11.8.